The summed E-state index contributed by atoms with van der Waals surface area (Å²) < 4.78 is 0.789. The van der Waals surface area contributed by atoms with Crippen molar-refractivity contribution >= 4 is 41.3 Å². The van der Waals surface area contributed by atoms with Gasteiger partial charge in [-0.2, -0.15) is 0 Å². The molecule has 6 heteroatoms. The van der Waals surface area contributed by atoms with Gasteiger partial charge in [0.25, 0.3) is 0 Å². The highest BCUT2D eigenvalue weighted by molar-refractivity contribution is 7.16. The van der Waals surface area contributed by atoms with Gasteiger partial charge in [0.05, 0.1) is 4.34 Å². The van der Waals surface area contributed by atoms with Gasteiger partial charge in [-0.1, -0.05) is 11.6 Å². The largest absolute Gasteiger partial charge is 0.353 e. The Morgan fingerprint density at radius 2 is 2.37 bits per heavy atom. The molecule has 108 valence electrons. The number of carbonyl (C=O) groups excluding carboxylic acids is 1. The lowest BCUT2D eigenvalue weighted by molar-refractivity contribution is -0.121. The van der Waals surface area contributed by atoms with Crippen LogP contribution in [0, 0.1) is 0 Å². The number of thiophene rings is 1. The summed E-state index contributed by atoms with van der Waals surface area (Å²) in [5, 5.41) is 6.50. The Hall–Kier alpha value is -0.290. The number of nitrogens with one attached hydrogen (secondary N) is 2. The summed E-state index contributed by atoms with van der Waals surface area (Å²) in [4.78, 5) is 13.0. The third-order valence-corrected chi connectivity index (χ3v) is 4.51. The molecule has 0 aliphatic carbocycles. The summed E-state index contributed by atoms with van der Waals surface area (Å²) >= 11 is 7.41. The predicted molar refractivity (Wildman–Crippen MR) is 83.5 cm³/mol. The maximum Gasteiger partial charge on any atom is 0.220 e. The van der Waals surface area contributed by atoms with Crippen LogP contribution in [0.25, 0.3) is 0 Å². The first kappa shape index (κ1) is 16.8. The van der Waals surface area contributed by atoms with Gasteiger partial charge in [-0.15, -0.1) is 23.7 Å². The van der Waals surface area contributed by atoms with E-state index in [4.69, 9.17) is 11.6 Å². The Bertz CT molecular complexity index is 411. The fraction of sp³-hybridized carbons (Fsp3) is 0.615. The summed E-state index contributed by atoms with van der Waals surface area (Å²) in [6.45, 7) is 3.15. The maximum atomic E-state index is 11.8. The molecule has 2 rings (SSSR count). The zero-order valence-corrected chi connectivity index (χ0v) is 13.3. The molecule has 3 nitrogen and oxygen atoms in total. The van der Waals surface area contributed by atoms with Crippen molar-refractivity contribution in [3.63, 3.8) is 0 Å². The molecule has 0 bridgehead atoms. The van der Waals surface area contributed by atoms with Crippen molar-refractivity contribution in [2.24, 2.45) is 0 Å². The maximum absolute atomic E-state index is 11.8. The first-order valence-corrected chi connectivity index (χ1v) is 7.60. The summed E-state index contributed by atoms with van der Waals surface area (Å²) in [7, 11) is 0. The highest BCUT2D eigenvalue weighted by Gasteiger charge is 2.19. The summed E-state index contributed by atoms with van der Waals surface area (Å²) in [6.07, 6.45) is 3.39. The molecule has 0 saturated carbocycles. The standard InChI is InChI=1S/C13H19ClN2OS.ClH/c1-9-8-10(6-7-15-9)16-13(17)5-3-11-2-4-12(14)18-11;/h2,4,9-10,15H,3,5-8H2,1H3,(H,16,17);1H. The first-order valence-electron chi connectivity index (χ1n) is 6.40. The normalized spacial score (nSPS) is 22.6. The van der Waals surface area contributed by atoms with Crippen LogP contribution in [0.5, 0.6) is 0 Å². The Kier molecular flexibility index (Phi) is 7.15. The lowest BCUT2D eigenvalue weighted by Crippen LogP contribution is -2.46. The minimum absolute atomic E-state index is 0. The molecule has 1 fully saturated rings. The van der Waals surface area contributed by atoms with Crippen LogP contribution in [0.2, 0.25) is 4.34 Å². The monoisotopic (exact) mass is 322 g/mol. The SMILES string of the molecule is CC1CC(NC(=O)CCc2ccc(Cl)s2)CCN1.Cl. The molecular formula is C13H20Cl2N2OS. The second kappa shape index (κ2) is 8.10. The van der Waals surface area contributed by atoms with Crippen molar-refractivity contribution in [2.45, 2.75) is 44.7 Å². The number of rotatable bonds is 4. The van der Waals surface area contributed by atoms with E-state index in [9.17, 15) is 4.79 Å². The van der Waals surface area contributed by atoms with Gasteiger partial charge in [0, 0.05) is 23.4 Å². The van der Waals surface area contributed by atoms with Crippen LogP contribution < -0.4 is 10.6 Å². The molecule has 1 aliphatic rings. The topological polar surface area (TPSA) is 41.1 Å². The van der Waals surface area contributed by atoms with Gasteiger partial charge in [0.2, 0.25) is 5.91 Å². The summed E-state index contributed by atoms with van der Waals surface area (Å²) in [6, 6.07) is 4.71. The molecule has 0 radical (unpaired) electrons. The molecule has 2 unspecified atom stereocenters. The number of carbonyl (C=O) groups is 1. The van der Waals surface area contributed by atoms with Crippen LogP contribution in [0.1, 0.15) is 31.1 Å². The van der Waals surface area contributed by atoms with Crippen molar-refractivity contribution < 1.29 is 4.79 Å². The van der Waals surface area contributed by atoms with Crippen LogP contribution in [0.4, 0.5) is 0 Å². The van der Waals surface area contributed by atoms with Crippen LogP contribution in [-0.2, 0) is 11.2 Å². The molecule has 19 heavy (non-hydrogen) atoms. The quantitative estimate of drug-likeness (QED) is 0.894. The molecule has 1 aliphatic heterocycles. The van der Waals surface area contributed by atoms with Gasteiger partial charge in [0.15, 0.2) is 0 Å². The van der Waals surface area contributed by atoms with Gasteiger partial charge in [-0.25, -0.2) is 0 Å². The van der Waals surface area contributed by atoms with Crippen molar-refractivity contribution in [2.75, 3.05) is 6.54 Å². The minimum atomic E-state index is 0. The lowest BCUT2D eigenvalue weighted by atomic mass is 10.0. The van der Waals surface area contributed by atoms with E-state index >= 15 is 0 Å². The molecule has 0 aromatic carbocycles. The molecule has 1 aromatic rings. The van der Waals surface area contributed by atoms with E-state index in [1.165, 1.54) is 4.88 Å². The van der Waals surface area contributed by atoms with Crippen molar-refractivity contribution in [3.8, 4) is 0 Å². The van der Waals surface area contributed by atoms with E-state index < -0.39 is 0 Å². The molecule has 2 atom stereocenters. The highest BCUT2D eigenvalue weighted by Crippen LogP contribution is 2.22. The first-order chi connectivity index (χ1) is 8.63. The Morgan fingerprint density at radius 1 is 1.58 bits per heavy atom. The van der Waals surface area contributed by atoms with E-state index in [0.717, 1.165) is 30.1 Å². The number of hydrogen-bond donors (Lipinski definition) is 2. The Morgan fingerprint density at radius 3 is 3.00 bits per heavy atom. The Labute approximate surface area is 129 Å². The molecule has 2 heterocycles. The summed E-state index contributed by atoms with van der Waals surface area (Å²) in [5.41, 5.74) is 0. The Balaban J connectivity index is 0.00000180. The zero-order chi connectivity index (χ0) is 13.0. The van der Waals surface area contributed by atoms with E-state index in [1.54, 1.807) is 11.3 Å². The number of amides is 1. The van der Waals surface area contributed by atoms with Gasteiger partial charge in [-0.05, 0) is 44.9 Å². The van der Waals surface area contributed by atoms with Crippen LogP contribution >= 0.6 is 35.3 Å². The number of aryl methyl sites for hydroxylation is 1. The highest BCUT2D eigenvalue weighted by atomic mass is 35.5. The van der Waals surface area contributed by atoms with Crippen molar-refractivity contribution in [3.05, 3.63) is 21.3 Å². The van der Waals surface area contributed by atoms with Crippen molar-refractivity contribution in [1.82, 2.24) is 10.6 Å². The molecule has 0 spiro atoms. The number of piperidine rings is 1. The molecule has 1 amide bonds. The molecule has 2 N–H and O–H groups in total. The number of hydrogen-bond acceptors (Lipinski definition) is 3. The van der Waals surface area contributed by atoms with Gasteiger partial charge >= 0.3 is 0 Å². The second-order valence-electron chi connectivity index (χ2n) is 4.85. The molecule has 1 saturated heterocycles. The predicted octanol–water partition coefficient (Wildman–Crippen LogP) is 3.01. The average molecular weight is 323 g/mol. The number of halogens is 2. The molecule has 1 aromatic heterocycles. The van der Waals surface area contributed by atoms with E-state index in [-0.39, 0.29) is 18.3 Å². The van der Waals surface area contributed by atoms with E-state index in [2.05, 4.69) is 17.6 Å². The van der Waals surface area contributed by atoms with E-state index in [1.807, 2.05) is 12.1 Å². The minimum Gasteiger partial charge on any atom is -0.353 e. The lowest BCUT2D eigenvalue weighted by Gasteiger charge is -2.28. The third-order valence-electron chi connectivity index (χ3n) is 3.22. The van der Waals surface area contributed by atoms with Crippen LogP contribution in [0.15, 0.2) is 12.1 Å². The fourth-order valence-corrected chi connectivity index (χ4v) is 3.37. The van der Waals surface area contributed by atoms with Gasteiger partial charge in [0.1, 0.15) is 0 Å². The third kappa shape index (κ3) is 5.69. The van der Waals surface area contributed by atoms with Crippen molar-refractivity contribution in [1.29, 1.82) is 0 Å². The fourth-order valence-electron chi connectivity index (χ4n) is 2.29. The smallest absolute Gasteiger partial charge is 0.220 e. The van der Waals surface area contributed by atoms with E-state index in [0.29, 0.717) is 18.5 Å². The second-order valence-corrected chi connectivity index (χ2v) is 6.65. The van der Waals surface area contributed by atoms with Crippen LogP contribution in [-0.4, -0.2) is 24.5 Å². The van der Waals surface area contributed by atoms with Gasteiger partial charge in [-0.3, -0.25) is 4.79 Å². The zero-order valence-electron chi connectivity index (χ0n) is 10.9. The van der Waals surface area contributed by atoms with Crippen LogP contribution in [0.3, 0.4) is 0 Å². The average Bonchev–Trinajstić information content (AvgIpc) is 2.73. The summed E-state index contributed by atoms with van der Waals surface area (Å²) in [5.74, 6) is 0.152. The molecular weight excluding hydrogens is 303 g/mol. The van der Waals surface area contributed by atoms with Gasteiger partial charge < -0.3 is 10.6 Å².